The van der Waals surface area contributed by atoms with E-state index in [0.717, 1.165) is 11.4 Å². The fourth-order valence-corrected chi connectivity index (χ4v) is 2.72. The van der Waals surface area contributed by atoms with Crippen LogP contribution in [0.25, 0.3) is 0 Å². The zero-order valence-corrected chi connectivity index (χ0v) is 12.7. The first-order valence-electron chi connectivity index (χ1n) is 7.55. The molecule has 3 rings (SSSR count). The molecular formula is C16H20N4O2. The van der Waals surface area contributed by atoms with Crippen molar-refractivity contribution < 1.29 is 9.53 Å². The van der Waals surface area contributed by atoms with E-state index >= 15 is 0 Å². The molecule has 0 N–H and O–H groups in total. The predicted octanol–water partition coefficient (Wildman–Crippen LogP) is 1.44. The minimum atomic E-state index is 0.0754. The van der Waals surface area contributed by atoms with Gasteiger partial charge in [0.2, 0.25) is 5.91 Å². The number of hydrogen-bond acceptors (Lipinski definition) is 4. The number of aromatic nitrogens is 3. The summed E-state index contributed by atoms with van der Waals surface area (Å²) in [6.45, 7) is 4.42. The normalized spacial score (nSPS) is 17.3. The number of rotatable bonds is 5. The summed E-state index contributed by atoms with van der Waals surface area (Å²) < 4.78 is 7.51. The van der Waals surface area contributed by atoms with Crippen LogP contribution in [-0.4, -0.2) is 45.3 Å². The minimum Gasteiger partial charge on any atom is -0.379 e. The van der Waals surface area contributed by atoms with Crippen LogP contribution in [0.1, 0.15) is 24.4 Å². The van der Waals surface area contributed by atoms with Gasteiger partial charge in [0.05, 0.1) is 31.3 Å². The number of hydrogen-bond donors (Lipinski definition) is 0. The van der Waals surface area contributed by atoms with Crippen LogP contribution in [0.3, 0.4) is 0 Å². The summed E-state index contributed by atoms with van der Waals surface area (Å²) in [5.74, 6) is 0.0904. The molecule has 116 valence electrons. The first kappa shape index (κ1) is 14.7. The lowest BCUT2D eigenvalue weighted by atomic mass is 10.1. The molecule has 0 bridgehead atoms. The van der Waals surface area contributed by atoms with Gasteiger partial charge in [0.15, 0.2) is 0 Å². The van der Waals surface area contributed by atoms with Gasteiger partial charge in [-0.2, -0.15) is 5.10 Å². The zero-order chi connectivity index (χ0) is 15.4. The molecule has 0 spiro atoms. The number of carbonyl (C=O) groups excluding carboxylic acids is 1. The molecule has 0 aliphatic carbocycles. The van der Waals surface area contributed by atoms with Crippen LogP contribution in [-0.2, 0) is 22.5 Å². The van der Waals surface area contributed by atoms with Crippen molar-refractivity contribution in [3.8, 4) is 0 Å². The molecule has 0 saturated heterocycles. The van der Waals surface area contributed by atoms with Gasteiger partial charge in [0.25, 0.3) is 0 Å². The third-order valence-corrected chi connectivity index (χ3v) is 3.81. The third-order valence-electron chi connectivity index (χ3n) is 3.81. The molecule has 2 aromatic heterocycles. The Bertz CT molecular complexity index is 626. The van der Waals surface area contributed by atoms with Crippen molar-refractivity contribution in [2.24, 2.45) is 0 Å². The van der Waals surface area contributed by atoms with Gasteiger partial charge in [0, 0.05) is 31.2 Å². The smallest absolute Gasteiger partial charge is 0.229 e. The van der Waals surface area contributed by atoms with Crippen LogP contribution in [0, 0.1) is 0 Å². The Morgan fingerprint density at radius 3 is 3.05 bits per heavy atom. The lowest BCUT2D eigenvalue weighted by Crippen LogP contribution is -2.43. The fourth-order valence-electron chi connectivity index (χ4n) is 2.72. The Kier molecular flexibility index (Phi) is 4.48. The third kappa shape index (κ3) is 3.17. The molecule has 2 aromatic rings. The van der Waals surface area contributed by atoms with Gasteiger partial charge in [0.1, 0.15) is 0 Å². The topological polar surface area (TPSA) is 60.2 Å². The maximum atomic E-state index is 12.5. The molecular weight excluding hydrogens is 280 g/mol. The van der Waals surface area contributed by atoms with Gasteiger partial charge < -0.3 is 9.64 Å². The van der Waals surface area contributed by atoms with Crippen molar-refractivity contribution in [3.63, 3.8) is 0 Å². The van der Waals surface area contributed by atoms with E-state index in [1.807, 2.05) is 40.8 Å². The molecule has 6 nitrogen and oxygen atoms in total. The molecule has 1 atom stereocenters. The Labute approximate surface area is 129 Å². The standard InChI is InChI=1S/C16H20N4O2/c1-2-22-12-15-11-19(10-14-6-8-18-20(14)15)16(21)9-13-5-3-4-7-17-13/h3-8,15H,2,9-12H2,1H3. The molecule has 0 saturated carbocycles. The van der Waals surface area contributed by atoms with Crippen molar-refractivity contribution >= 4 is 5.91 Å². The number of carbonyl (C=O) groups is 1. The van der Waals surface area contributed by atoms with E-state index in [1.165, 1.54) is 0 Å². The Morgan fingerprint density at radius 2 is 2.27 bits per heavy atom. The van der Waals surface area contributed by atoms with Crippen LogP contribution in [0.4, 0.5) is 0 Å². The summed E-state index contributed by atoms with van der Waals surface area (Å²) in [4.78, 5) is 18.6. The predicted molar refractivity (Wildman–Crippen MR) is 81.1 cm³/mol. The van der Waals surface area contributed by atoms with Crippen LogP contribution in [0.5, 0.6) is 0 Å². The summed E-state index contributed by atoms with van der Waals surface area (Å²) in [6.07, 6.45) is 3.82. The van der Waals surface area contributed by atoms with Gasteiger partial charge in [-0.05, 0) is 25.1 Å². The van der Waals surface area contributed by atoms with Gasteiger partial charge in [-0.1, -0.05) is 6.07 Å². The van der Waals surface area contributed by atoms with E-state index in [-0.39, 0.29) is 11.9 Å². The highest BCUT2D eigenvalue weighted by Gasteiger charge is 2.28. The Hall–Kier alpha value is -2.21. The van der Waals surface area contributed by atoms with E-state index in [1.54, 1.807) is 12.4 Å². The molecule has 1 amide bonds. The maximum absolute atomic E-state index is 12.5. The van der Waals surface area contributed by atoms with E-state index < -0.39 is 0 Å². The van der Waals surface area contributed by atoms with Crippen LogP contribution in [0.2, 0.25) is 0 Å². The van der Waals surface area contributed by atoms with E-state index in [4.69, 9.17) is 4.74 Å². The van der Waals surface area contributed by atoms with Crippen molar-refractivity contribution in [2.45, 2.75) is 25.9 Å². The van der Waals surface area contributed by atoms with Gasteiger partial charge in [-0.3, -0.25) is 14.5 Å². The quantitative estimate of drug-likeness (QED) is 0.838. The van der Waals surface area contributed by atoms with Crippen molar-refractivity contribution in [2.75, 3.05) is 19.8 Å². The van der Waals surface area contributed by atoms with Crippen molar-refractivity contribution in [1.29, 1.82) is 0 Å². The van der Waals surface area contributed by atoms with Gasteiger partial charge in [-0.25, -0.2) is 0 Å². The highest BCUT2D eigenvalue weighted by molar-refractivity contribution is 5.78. The highest BCUT2D eigenvalue weighted by atomic mass is 16.5. The first-order valence-corrected chi connectivity index (χ1v) is 7.55. The Balaban J connectivity index is 1.71. The largest absolute Gasteiger partial charge is 0.379 e. The lowest BCUT2D eigenvalue weighted by Gasteiger charge is -2.33. The summed E-state index contributed by atoms with van der Waals surface area (Å²) in [6, 6.07) is 7.67. The van der Waals surface area contributed by atoms with E-state index in [0.29, 0.717) is 32.7 Å². The number of fused-ring (bicyclic) bond motifs is 1. The van der Waals surface area contributed by atoms with Crippen molar-refractivity contribution in [1.82, 2.24) is 19.7 Å². The van der Waals surface area contributed by atoms with Crippen LogP contribution >= 0.6 is 0 Å². The summed E-state index contributed by atoms with van der Waals surface area (Å²) in [5.41, 5.74) is 1.85. The summed E-state index contributed by atoms with van der Waals surface area (Å²) in [5, 5.41) is 4.36. The van der Waals surface area contributed by atoms with Gasteiger partial charge in [-0.15, -0.1) is 0 Å². The average molecular weight is 300 g/mol. The average Bonchev–Trinajstić information content (AvgIpc) is 3.02. The first-order chi connectivity index (χ1) is 10.8. The number of ether oxygens (including phenoxy) is 1. The molecule has 1 aliphatic heterocycles. The van der Waals surface area contributed by atoms with E-state index in [2.05, 4.69) is 10.1 Å². The SMILES string of the molecule is CCOCC1CN(C(=O)Cc2ccccn2)Cc2ccnn21. The molecule has 22 heavy (non-hydrogen) atoms. The number of amides is 1. The van der Waals surface area contributed by atoms with Crippen LogP contribution in [0.15, 0.2) is 36.7 Å². The number of pyridine rings is 1. The molecule has 0 radical (unpaired) electrons. The van der Waals surface area contributed by atoms with E-state index in [9.17, 15) is 4.79 Å². The Morgan fingerprint density at radius 1 is 1.36 bits per heavy atom. The second kappa shape index (κ2) is 6.70. The second-order valence-corrected chi connectivity index (χ2v) is 5.35. The molecule has 0 fully saturated rings. The van der Waals surface area contributed by atoms with Crippen molar-refractivity contribution in [3.05, 3.63) is 48.0 Å². The summed E-state index contributed by atoms with van der Waals surface area (Å²) in [7, 11) is 0. The molecule has 0 aromatic carbocycles. The lowest BCUT2D eigenvalue weighted by molar-refractivity contribution is -0.133. The monoisotopic (exact) mass is 300 g/mol. The molecule has 3 heterocycles. The minimum absolute atomic E-state index is 0.0754. The number of nitrogens with zero attached hydrogens (tertiary/aromatic N) is 4. The van der Waals surface area contributed by atoms with Crippen LogP contribution < -0.4 is 0 Å². The van der Waals surface area contributed by atoms with Gasteiger partial charge >= 0.3 is 0 Å². The molecule has 1 aliphatic rings. The maximum Gasteiger partial charge on any atom is 0.229 e. The zero-order valence-electron chi connectivity index (χ0n) is 12.7. The second-order valence-electron chi connectivity index (χ2n) is 5.35. The molecule has 6 heteroatoms. The summed E-state index contributed by atoms with van der Waals surface area (Å²) >= 11 is 0. The molecule has 1 unspecified atom stereocenters. The fraction of sp³-hybridized carbons (Fsp3) is 0.438. The highest BCUT2D eigenvalue weighted by Crippen LogP contribution is 2.21.